The summed E-state index contributed by atoms with van der Waals surface area (Å²) in [6.07, 6.45) is 49.5. The van der Waals surface area contributed by atoms with Crippen LogP contribution in [-0.2, 0) is 14.3 Å². The van der Waals surface area contributed by atoms with Gasteiger partial charge >= 0.3 is 0 Å². The van der Waals surface area contributed by atoms with Crippen LogP contribution in [0.2, 0.25) is 0 Å². The monoisotopic (exact) mass is 908 g/mol. The summed E-state index contributed by atoms with van der Waals surface area (Å²) in [6, 6.07) is -0.807. The second-order valence-electron chi connectivity index (χ2n) is 19.4. The molecule has 0 aromatic heterocycles. The zero-order chi connectivity index (χ0) is 46.6. The van der Waals surface area contributed by atoms with E-state index < -0.39 is 49.5 Å². The predicted molar refractivity (Wildman–Crippen MR) is 267 cm³/mol. The van der Waals surface area contributed by atoms with E-state index in [0.29, 0.717) is 6.42 Å². The normalized spacial score (nSPS) is 20.1. The molecule has 64 heavy (non-hydrogen) atoms. The quantitative estimate of drug-likeness (QED) is 0.0261. The van der Waals surface area contributed by atoms with Crippen LogP contribution in [0.15, 0.2) is 24.3 Å². The van der Waals surface area contributed by atoms with Gasteiger partial charge in [-0.25, -0.2) is 0 Å². The first-order valence-electron chi connectivity index (χ1n) is 27.6. The Labute approximate surface area is 394 Å². The van der Waals surface area contributed by atoms with Gasteiger partial charge in [-0.1, -0.05) is 237 Å². The van der Waals surface area contributed by atoms with E-state index in [1.807, 2.05) is 6.08 Å². The van der Waals surface area contributed by atoms with Gasteiger partial charge in [0.15, 0.2) is 6.29 Å². The molecule has 378 valence electrons. The van der Waals surface area contributed by atoms with Gasteiger partial charge in [0, 0.05) is 6.42 Å². The molecule has 9 nitrogen and oxygen atoms in total. The lowest BCUT2D eigenvalue weighted by Gasteiger charge is -2.40. The lowest BCUT2D eigenvalue weighted by atomic mass is 9.99. The van der Waals surface area contributed by atoms with E-state index in [1.54, 1.807) is 6.08 Å². The number of aliphatic hydroxyl groups is 5. The summed E-state index contributed by atoms with van der Waals surface area (Å²) in [4.78, 5) is 13.0. The number of unbranched alkanes of at least 4 members (excludes halogenated alkanes) is 35. The minimum absolute atomic E-state index is 0.182. The molecule has 7 atom stereocenters. The molecule has 0 spiro atoms. The van der Waals surface area contributed by atoms with Crippen LogP contribution in [0, 0.1) is 0 Å². The Kier molecular flexibility index (Phi) is 43.1. The molecule has 0 aliphatic carbocycles. The summed E-state index contributed by atoms with van der Waals surface area (Å²) >= 11 is 0. The van der Waals surface area contributed by atoms with E-state index >= 15 is 0 Å². The average molecular weight is 908 g/mol. The van der Waals surface area contributed by atoms with Gasteiger partial charge in [0.2, 0.25) is 5.91 Å². The summed E-state index contributed by atoms with van der Waals surface area (Å²) in [5.41, 5.74) is 0. The van der Waals surface area contributed by atoms with Crippen LogP contribution >= 0.6 is 0 Å². The molecule has 1 aliphatic heterocycles. The highest BCUT2D eigenvalue weighted by molar-refractivity contribution is 5.76. The second-order valence-corrected chi connectivity index (χ2v) is 19.4. The number of hydrogen-bond acceptors (Lipinski definition) is 8. The molecular weight excluding hydrogens is 803 g/mol. The molecule has 9 heteroatoms. The van der Waals surface area contributed by atoms with Gasteiger partial charge in [-0.05, 0) is 44.9 Å². The van der Waals surface area contributed by atoms with Crippen molar-refractivity contribution in [3.63, 3.8) is 0 Å². The zero-order valence-corrected chi connectivity index (χ0v) is 41.8. The SMILES string of the molecule is CCCCCCCCCCC/C=C\CCCCCCCC(=O)NC(COC1OC(CO)C(O)C(O)C1O)C(O)/C=C/CCCCCCCCCCCCCCCCCCCCCCC. The number of carbonyl (C=O) groups excluding carboxylic acids is 1. The van der Waals surface area contributed by atoms with Crippen molar-refractivity contribution in [2.24, 2.45) is 0 Å². The Morgan fingerprint density at radius 2 is 0.875 bits per heavy atom. The van der Waals surface area contributed by atoms with E-state index in [-0.39, 0.29) is 12.5 Å². The second kappa shape index (κ2) is 45.5. The lowest BCUT2D eigenvalue weighted by molar-refractivity contribution is -0.302. The van der Waals surface area contributed by atoms with Crippen molar-refractivity contribution >= 4 is 5.91 Å². The van der Waals surface area contributed by atoms with Gasteiger partial charge < -0.3 is 40.3 Å². The van der Waals surface area contributed by atoms with Gasteiger partial charge in [-0.2, -0.15) is 0 Å². The number of amides is 1. The first-order valence-corrected chi connectivity index (χ1v) is 27.6. The molecule has 1 fully saturated rings. The highest BCUT2D eigenvalue weighted by Crippen LogP contribution is 2.23. The Morgan fingerprint density at radius 3 is 1.27 bits per heavy atom. The van der Waals surface area contributed by atoms with Crippen molar-refractivity contribution in [1.29, 1.82) is 0 Å². The van der Waals surface area contributed by atoms with Crippen molar-refractivity contribution < 1.29 is 39.8 Å². The van der Waals surface area contributed by atoms with Crippen LogP contribution in [0.25, 0.3) is 0 Å². The van der Waals surface area contributed by atoms with E-state index in [2.05, 4.69) is 31.3 Å². The van der Waals surface area contributed by atoms with Crippen molar-refractivity contribution in [2.45, 2.75) is 307 Å². The number of ether oxygens (including phenoxy) is 2. The maximum Gasteiger partial charge on any atom is 0.220 e. The molecule has 1 amide bonds. The standard InChI is InChI=1S/C55H105NO8/c1-3-5-7-9-11-13-15-17-19-21-23-24-25-26-27-28-30-32-34-36-38-40-42-44-49(58)48(47-63-55-54(62)53(61)52(60)50(46-57)64-55)56-51(59)45-43-41-39-37-35-33-31-29-22-20-18-16-14-12-10-8-6-4-2/h29,31,42,44,48-50,52-55,57-58,60-62H,3-28,30,32-41,43,45-47H2,1-2H3,(H,56,59)/b31-29-,44-42+. The van der Waals surface area contributed by atoms with E-state index in [4.69, 9.17) is 9.47 Å². The summed E-state index contributed by atoms with van der Waals surface area (Å²) in [6.45, 7) is 3.80. The van der Waals surface area contributed by atoms with Crippen LogP contribution in [0.3, 0.4) is 0 Å². The fourth-order valence-electron chi connectivity index (χ4n) is 8.86. The lowest BCUT2D eigenvalue weighted by Crippen LogP contribution is -2.60. The molecule has 7 unspecified atom stereocenters. The Hall–Kier alpha value is -1.33. The maximum atomic E-state index is 13.0. The Morgan fingerprint density at radius 1 is 0.516 bits per heavy atom. The maximum absolute atomic E-state index is 13.0. The molecule has 6 N–H and O–H groups in total. The van der Waals surface area contributed by atoms with E-state index in [9.17, 15) is 30.3 Å². The van der Waals surface area contributed by atoms with Crippen molar-refractivity contribution in [2.75, 3.05) is 13.2 Å². The van der Waals surface area contributed by atoms with Gasteiger partial charge in [-0.3, -0.25) is 4.79 Å². The van der Waals surface area contributed by atoms with Crippen molar-refractivity contribution in [3.05, 3.63) is 24.3 Å². The smallest absolute Gasteiger partial charge is 0.220 e. The molecule has 1 rings (SSSR count). The number of carbonyl (C=O) groups is 1. The third-order valence-electron chi connectivity index (χ3n) is 13.3. The largest absolute Gasteiger partial charge is 0.394 e. The molecule has 0 radical (unpaired) electrons. The van der Waals surface area contributed by atoms with Crippen LogP contribution in [0.1, 0.15) is 264 Å². The Balaban J connectivity index is 2.26. The Bertz CT molecular complexity index is 1060. The minimum Gasteiger partial charge on any atom is -0.394 e. The summed E-state index contributed by atoms with van der Waals surface area (Å²) in [7, 11) is 0. The molecular formula is C55H105NO8. The predicted octanol–water partition coefficient (Wildman–Crippen LogP) is 13.0. The summed E-state index contributed by atoms with van der Waals surface area (Å²) in [5.74, 6) is -0.182. The first kappa shape index (κ1) is 60.7. The molecule has 0 aromatic rings. The van der Waals surface area contributed by atoms with Gasteiger partial charge in [-0.15, -0.1) is 0 Å². The van der Waals surface area contributed by atoms with Gasteiger partial charge in [0.1, 0.15) is 24.4 Å². The van der Waals surface area contributed by atoms with Gasteiger partial charge in [0.05, 0.1) is 25.4 Å². The third-order valence-corrected chi connectivity index (χ3v) is 13.3. The molecule has 0 saturated carbocycles. The number of nitrogens with one attached hydrogen (secondary N) is 1. The van der Waals surface area contributed by atoms with Crippen molar-refractivity contribution in [3.8, 4) is 0 Å². The van der Waals surface area contributed by atoms with Crippen molar-refractivity contribution in [1.82, 2.24) is 5.32 Å². The first-order chi connectivity index (χ1) is 31.3. The molecule has 1 aliphatic rings. The third kappa shape index (κ3) is 34.9. The van der Waals surface area contributed by atoms with Crippen LogP contribution in [0.4, 0.5) is 0 Å². The minimum atomic E-state index is -1.57. The number of allylic oxidation sites excluding steroid dienone is 3. The molecule has 0 aromatic carbocycles. The topological polar surface area (TPSA) is 149 Å². The summed E-state index contributed by atoms with van der Waals surface area (Å²) < 4.78 is 11.3. The van der Waals surface area contributed by atoms with Crippen LogP contribution in [0.5, 0.6) is 0 Å². The van der Waals surface area contributed by atoms with Crippen LogP contribution < -0.4 is 5.32 Å². The fraction of sp³-hybridized carbons (Fsp3) is 0.909. The van der Waals surface area contributed by atoms with E-state index in [0.717, 1.165) is 57.8 Å². The van der Waals surface area contributed by atoms with Crippen LogP contribution in [-0.4, -0.2) is 87.5 Å². The van der Waals surface area contributed by atoms with Gasteiger partial charge in [0.25, 0.3) is 0 Å². The zero-order valence-electron chi connectivity index (χ0n) is 41.8. The number of rotatable bonds is 47. The number of aliphatic hydroxyl groups excluding tert-OH is 5. The molecule has 1 saturated heterocycles. The highest BCUT2D eigenvalue weighted by Gasteiger charge is 2.44. The molecule has 0 bridgehead atoms. The van der Waals surface area contributed by atoms with E-state index in [1.165, 1.54) is 186 Å². The number of hydrogen-bond donors (Lipinski definition) is 6. The fourth-order valence-corrected chi connectivity index (χ4v) is 8.86. The summed E-state index contributed by atoms with van der Waals surface area (Å²) in [5, 5.41) is 54.4. The molecule has 1 heterocycles. The highest BCUT2D eigenvalue weighted by atomic mass is 16.7. The average Bonchev–Trinajstić information content (AvgIpc) is 3.29.